The third-order valence-corrected chi connectivity index (χ3v) is 6.76. The van der Waals surface area contributed by atoms with Crippen LogP contribution in [0, 0.1) is 0 Å². The van der Waals surface area contributed by atoms with Gasteiger partial charge in [-0.2, -0.15) is 4.31 Å². The Bertz CT molecular complexity index is 408. The van der Waals surface area contributed by atoms with Crippen LogP contribution in [-0.4, -0.2) is 67.8 Å². The summed E-state index contributed by atoms with van der Waals surface area (Å²) < 4.78 is 32.4. The van der Waals surface area contributed by atoms with Gasteiger partial charge in [-0.25, -0.2) is 8.42 Å². The summed E-state index contributed by atoms with van der Waals surface area (Å²) in [6.45, 7) is 6.11. The molecule has 1 saturated carbocycles. The first-order chi connectivity index (χ1) is 8.63. The Morgan fingerprint density at radius 2 is 2.00 bits per heavy atom. The van der Waals surface area contributed by atoms with E-state index >= 15 is 0 Å². The fourth-order valence-electron chi connectivity index (χ4n) is 3.08. The number of ether oxygens (including phenoxy) is 1. The van der Waals surface area contributed by atoms with E-state index in [0.29, 0.717) is 13.2 Å². The minimum atomic E-state index is -3.05. The molecule has 2 aliphatic heterocycles. The molecule has 3 aliphatic rings. The fraction of sp³-hybridized carbons (Fsp3) is 1.00. The molecule has 0 aromatic carbocycles. The Hall–Kier alpha value is -0.170. The average molecular weight is 274 g/mol. The van der Waals surface area contributed by atoms with Gasteiger partial charge in [0.15, 0.2) is 0 Å². The van der Waals surface area contributed by atoms with Gasteiger partial charge in [0.1, 0.15) is 0 Å². The van der Waals surface area contributed by atoms with Crippen molar-refractivity contribution in [3.63, 3.8) is 0 Å². The van der Waals surface area contributed by atoms with Crippen LogP contribution in [0.1, 0.15) is 26.2 Å². The molecule has 0 aromatic rings. The second-order valence-electron chi connectivity index (χ2n) is 5.51. The number of rotatable bonds is 3. The molecule has 0 N–H and O–H groups in total. The summed E-state index contributed by atoms with van der Waals surface area (Å²) in [6.07, 6.45) is 2.67. The van der Waals surface area contributed by atoms with Crippen molar-refractivity contribution in [2.45, 2.75) is 43.6 Å². The highest BCUT2D eigenvalue weighted by Crippen LogP contribution is 2.35. The zero-order valence-electron chi connectivity index (χ0n) is 10.9. The van der Waals surface area contributed by atoms with E-state index in [0.717, 1.165) is 38.9 Å². The Balaban J connectivity index is 1.76. The molecular weight excluding hydrogens is 252 g/mol. The maximum absolute atomic E-state index is 12.4. The number of hydrogen-bond donors (Lipinski definition) is 0. The van der Waals surface area contributed by atoms with Crippen molar-refractivity contribution in [2.24, 2.45) is 0 Å². The molecule has 0 unspecified atom stereocenters. The van der Waals surface area contributed by atoms with Crippen molar-refractivity contribution in [3.05, 3.63) is 0 Å². The smallest absolute Gasteiger partial charge is 0.217 e. The Kier molecular flexibility index (Phi) is 3.38. The molecule has 3 rings (SSSR count). The lowest BCUT2D eigenvalue weighted by molar-refractivity contribution is -0.0773. The summed E-state index contributed by atoms with van der Waals surface area (Å²) in [5.74, 6) is 0. The van der Waals surface area contributed by atoms with E-state index in [4.69, 9.17) is 4.74 Å². The molecule has 0 bridgehead atoms. The van der Waals surface area contributed by atoms with Crippen molar-refractivity contribution in [3.8, 4) is 0 Å². The molecule has 0 amide bonds. The highest BCUT2D eigenvalue weighted by Gasteiger charge is 2.47. The van der Waals surface area contributed by atoms with Gasteiger partial charge < -0.3 is 9.64 Å². The molecule has 0 radical (unpaired) electrons. The van der Waals surface area contributed by atoms with Gasteiger partial charge in [0.25, 0.3) is 0 Å². The third kappa shape index (κ3) is 2.19. The van der Waals surface area contributed by atoms with E-state index in [1.165, 1.54) is 0 Å². The number of likely N-dealkylation sites (tertiary alicyclic amines) is 1. The average Bonchev–Trinajstić information content (AvgIpc) is 3.21. The molecular formula is C12H22N2O3S. The van der Waals surface area contributed by atoms with E-state index in [2.05, 4.69) is 11.8 Å². The highest BCUT2D eigenvalue weighted by molar-refractivity contribution is 7.90. The van der Waals surface area contributed by atoms with Gasteiger partial charge in [0.2, 0.25) is 10.0 Å². The van der Waals surface area contributed by atoms with Gasteiger partial charge in [-0.3, -0.25) is 0 Å². The Labute approximate surface area is 109 Å². The van der Waals surface area contributed by atoms with E-state index in [1.54, 1.807) is 4.31 Å². The van der Waals surface area contributed by atoms with Crippen LogP contribution in [0.3, 0.4) is 0 Å². The lowest BCUT2D eigenvalue weighted by Crippen LogP contribution is -2.60. The van der Waals surface area contributed by atoms with Crippen LogP contribution in [0.4, 0.5) is 0 Å². The third-order valence-electron chi connectivity index (χ3n) is 4.34. The molecule has 0 spiro atoms. The standard InChI is InChI=1S/C12H22N2O3S/c1-2-13-6-5-11-12(9-13)17-8-7-14(11)18(15,16)10-3-4-10/h10-12H,2-9H2,1H3/t11-,12-/m1/s1. The van der Waals surface area contributed by atoms with Gasteiger partial charge in [-0.05, 0) is 32.4 Å². The molecule has 18 heavy (non-hydrogen) atoms. The number of piperidine rings is 1. The minimum Gasteiger partial charge on any atom is -0.374 e. The largest absolute Gasteiger partial charge is 0.374 e. The molecule has 3 fully saturated rings. The van der Waals surface area contributed by atoms with Gasteiger partial charge in [0.05, 0.1) is 24.0 Å². The summed E-state index contributed by atoms with van der Waals surface area (Å²) in [7, 11) is -3.05. The second-order valence-corrected chi connectivity index (χ2v) is 7.68. The molecule has 2 atom stereocenters. The molecule has 2 heterocycles. The van der Waals surface area contributed by atoms with Crippen LogP contribution in [0.15, 0.2) is 0 Å². The first-order valence-corrected chi connectivity index (χ1v) is 8.48. The van der Waals surface area contributed by atoms with Crippen molar-refractivity contribution >= 4 is 10.0 Å². The van der Waals surface area contributed by atoms with Crippen LogP contribution < -0.4 is 0 Å². The van der Waals surface area contributed by atoms with Crippen LogP contribution in [0.5, 0.6) is 0 Å². The molecule has 2 saturated heterocycles. The number of nitrogens with zero attached hydrogens (tertiary/aromatic N) is 2. The van der Waals surface area contributed by atoms with Gasteiger partial charge in [-0.1, -0.05) is 6.92 Å². The van der Waals surface area contributed by atoms with Crippen molar-refractivity contribution in [1.82, 2.24) is 9.21 Å². The Morgan fingerprint density at radius 3 is 2.67 bits per heavy atom. The quantitative estimate of drug-likeness (QED) is 0.741. The highest BCUT2D eigenvalue weighted by atomic mass is 32.2. The number of hydrogen-bond acceptors (Lipinski definition) is 4. The topological polar surface area (TPSA) is 49.9 Å². The molecule has 1 aliphatic carbocycles. The van der Waals surface area contributed by atoms with Crippen LogP contribution in [0.25, 0.3) is 0 Å². The van der Waals surface area contributed by atoms with Gasteiger partial charge in [0, 0.05) is 13.1 Å². The summed E-state index contributed by atoms with van der Waals surface area (Å²) in [5, 5.41) is -0.0968. The molecule has 104 valence electrons. The number of likely N-dealkylation sites (N-methyl/N-ethyl adjacent to an activating group) is 1. The van der Waals surface area contributed by atoms with E-state index in [1.807, 2.05) is 0 Å². The summed E-state index contributed by atoms with van der Waals surface area (Å²) in [6, 6.07) is 0.0761. The van der Waals surface area contributed by atoms with Crippen LogP contribution >= 0.6 is 0 Å². The molecule has 5 nitrogen and oxygen atoms in total. The van der Waals surface area contributed by atoms with Crippen LogP contribution in [-0.2, 0) is 14.8 Å². The lowest BCUT2D eigenvalue weighted by Gasteiger charge is -2.46. The van der Waals surface area contributed by atoms with Gasteiger partial charge >= 0.3 is 0 Å². The van der Waals surface area contributed by atoms with E-state index in [-0.39, 0.29) is 17.4 Å². The monoisotopic (exact) mass is 274 g/mol. The number of sulfonamides is 1. The van der Waals surface area contributed by atoms with Gasteiger partial charge in [-0.15, -0.1) is 0 Å². The van der Waals surface area contributed by atoms with E-state index < -0.39 is 10.0 Å². The number of morpholine rings is 1. The second kappa shape index (κ2) is 4.74. The van der Waals surface area contributed by atoms with Crippen LogP contribution in [0.2, 0.25) is 0 Å². The first-order valence-electron chi connectivity index (χ1n) is 6.97. The Morgan fingerprint density at radius 1 is 1.22 bits per heavy atom. The fourth-order valence-corrected chi connectivity index (χ4v) is 5.14. The maximum atomic E-state index is 12.4. The summed E-state index contributed by atoms with van der Waals surface area (Å²) in [5.41, 5.74) is 0. The molecule has 0 aromatic heterocycles. The maximum Gasteiger partial charge on any atom is 0.217 e. The summed E-state index contributed by atoms with van der Waals surface area (Å²) >= 11 is 0. The zero-order valence-corrected chi connectivity index (χ0v) is 11.7. The minimum absolute atomic E-state index is 0.0703. The predicted octanol–water partition coefficient (Wildman–Crippen LogP) is 0.274. The lowest BCUT2D eigenvalue weighted by atomic mass is 10.0. The normalized spacial score (nSPS) is 35.4. The number of fused-ring (bicyclic) bond motifs is 1. The van der Waals surface area contributed by atoms with E-state index in [9.17, 15) is 8.42 Å². The predicted molar refractivity (Wildman–Crippen MR) is 68.9 cm³/mol. The van der Waals surface area contributed by atoms with Crippen molar-refractivity contribution in [1.29, 1.82) is 0 Å². The van der Waals surface area contributed by atoms with Crippen molar-refractivity contribution < 1.29 is 13.2 Å². The first kappa shape index (κ1) is 12.8. The SMILES string of the molecule is CCN1CC[C@@H]2[C@@H](C1)OCCN2S(=O)(=O)C1CC1. The van der Waals surface area contributed by atoms with Crippen molar-refractivity contribution in [2.75, 3.05) is 32.8 Å². The molecule has 6 heteroatoms. The summed E-state index contributed by atoms with van der Waals surface area (Å²) in [4.78, 5) is 2.34. The zero-order chi connectivity index (χ0) is 12.8.